The van der Waals surface area contributed by atoms with Crippen molar-refractivity contribution in [1.29, 1.82) is 0 Å². The molecule has 2 aliphatic rings. The summed E-state index contributed by atoms with van der Waals surface area (Å²) in [6, 6.07) is 7.31. The van der Waals surface area contributed by atoms with E-state index in [0.29, 0.717) is 30.8 Å². The average molecular weight is 438 g/mol. The number of hydrogen-bond donors (Lipinski definition) is 2. The Labute approximate surface area is 182 Å². The number of amides is 1. The summed E-state index contributed by atoms with van der Waals surface area (Å²) in [5.74, 6) is 0.769. The first-order chi connectivity index (χ1) is 14.9. The van der Waals surface area contributed by atoms with Gasteiger partial charge >= 0.3 is 6.61 Å². The summed E-state index contributed by atoms with van der Waals surface area (Å²) in [5.41, 5.74) is 0.661. The second-order valence-electron chi connectivity index (χ2n) is 8.35. The van der Waals surface area contributed by atoms with Crippen LogP contribution in [0.4, 0.5) is 14.5 Å². The number of anilines is 1. The minimum absolute atomic E-state index is 0.0594. The minimum Gasteiger partial charge on any atom is -0.433 e. The molecular weight excluding hydrogens is 404 g/mol. The monoisotopic (exact) mass is 437 g/mol. The van der Waals surface area contributed by atoms with Crippen LogP contribution in [0.2, 0.25) is 0 Å². The Bertz CT molecular complexity index is 753. The Morgan fingerprint density at radius 1 is 1.16 bits per heavy atom. The number of halogens is 2. The van der Waals surface area contributed by atoms with Crippen LogP contribution in [0.15, 0.2) is 29.3 Å². The molecule has 0 bridgehead atoms. The van der Waals surface area contributed by atoms with E-state index in [1.54, 1.807) is 32.3 Å². The van der Waals surface area contributed by atoms with Crippen molar-refractivity contribution in [3.8, 4) is 5.75 Å². The third kappa shape index (κ3) is 6.97. The molecule has 1 heterocycles. The smallest absolute Gasteiger partial charge is 0.387 e. The zero-order valence-corrected chi connectivity index (χ0v) is 18.3. The van der Waals surface area contributed by atoms with Gasteiger partial charge in [0.1, 0.15) is 12.3 Å². The van der Waals surface area contributed by atoms with Crippen LogP contribution >= 0.6 is 0 Å². The van der Waals surface area contributed by atoms with Crippen molar-refractivity contribution in [3.05, 3.63) is 24.3 Å². The van der Waals surface area contributed by atoms with Gasteiger partial charge in [0.25, 0.3) is 0 Å². The SMILES string of the molecule is CN(C)C(=O)CN=C(NC1CCCCC1)NC1CCN(c2ccccc2OC(F)F)C1. The van der Waals surface area contributed by atoms with Crippen LogP contribution in [0, 0.1) is 0 Å². The Morgan fingerprint density at radius 3 is 2.58 bits per heavy atom. The third-order valence-corrected chi connectivity index (χ3v) is 5.77. The van der Waals surface area contributed by atoms with Gasteiger partial charge in [0.2, 0.25) is 5.91 Å². The highest BCUT2D eigenvalue weighted by atomic mass is 19.3. The van der Waals surface area contributed by atoms with Crippen molar-refractivity contribution >= 4 is 17.6 Å². The summed E-state index contributed by atoms with van der Waals surface area (Å²) in [5, 5.41) is 6.95. The van der Waals surface area contributed by atoms with Gasteiger partial charge in [-0.05, 0) is 31.4 Å². The van der Waals surface area contributed by atoms with Crippen LogP contribution in [-0.4, -0.2) is 69.2 Å². The van der Waals surface area contributed by atoms with Crippen LogP contribution in [0.1, 0.15) is 38.5 Å². The van der Waals surface area contributed by atoms with Gasteiger partial charge in [-0.2, -0.15) is 8.78 Å². The van der Waals surface area contributed by atoms with Gasteiger partial charge in [-0.1, -0.05) is 31.4 Å². The average Bonchev–Trinajstić information content (AvgIpc) is 3.20. The summed E-state index contributed by atoms with van der Waals surface area (Å²) >= 11 is 0. The number of rotatable bonds is 7. The molecule has 1 amide bonds. The summed E-state index contributed by atoms with van der Waals surface area (Å²) in [6.07, 6.45) is 6.67. The number of likely N-dealkylation sites (N-methyl/N-ethyl adjacent to an activating group) is 1. The molecule has 2 N–H and O–H groups in total. The fraction of sp³-hybridized carbons (Fsp3) is 0.636. The Balaban J connectivity index is 1.64. The zero-order valence-electron chi connectivity index (χ0n) is 18.3. The Hall–Kier alpha value is -2.58. The molecule has 1 unspecified atom stereocenters. The van der Waals surface area contributed by atoms with E-state index in [4.69, 9.17) is 0 Å². The number of alkyl halides is 2. The van der Waals surface area contributed by atoms with E-state index in [0.717, 1.165) is 19.3 Å². The van der Waals surface area contributed by atoms with Gasteiger partial charge in [0.15, 0.2) is 5.96 Å². The molecule has 0 radical (unpaired) electrons. The lowest BCUT2D eigenvalue weighted by Crippen LogP contribution is -2.49. The lowest BCUT2D eigenvalue weighted by Gasteiger charge is -2.27. The van der Waals surface area contributed by atoms with E-state index in [2.05, 4.69) is 20.4 Å². The number of benzene rings is 1. The molecule has 7 nitrogen and oxygen atoms in total. The van der Waals surface area contributed by atoms with Crippen LogP contribution < -0.4 is 20.3 Å². The summed E-state index contributed by atoms with van der Waals surface area (Å²) < 4.78 is 30.2. The molecule has 0 spiro atoms. The number of nitrogens with one attached hydrogen (secondary N) is 2. The van der Waals surface area contributed by atoms with Crippen molar-refractivity contribution in [3.63, 3.8) is 0 Å². The fourth-order valence-corrected chi connectivity index (χ4v) is 4.07. The topological polar surface area (TPSA) is 69.2 Å². The van der Waals surface area contributed by atoms with E-state index in [-0.39, 0.29) is 24.2 Å². The number of guanidine groups is 1. The largest absolute Gasteiger partial charge is 0.433 e. The highest BCUT2D eigenvalue weighted by Gasteiger charge is 2.27. The van der Waals surface area contributed by atoms with Gasteiger partial charge in [-0.25, -0.2) is 4.99 Å². The molecule has 1 aliphatic carbocycles. The van der Waals surface area contributed by atoms with Crippen molar-refractivity contribution in [2.24, 2.45) is 4.99 Å². The van der Waals surface area contributed by atoms with E-state index in [1.165, 1.54) is 24.2 Å². The van der Waals surface area contributed by atoms with E-state index >= 15 is 0 Å². The fourth-order valence-electron chi connectivity index (χ4n) is 4.07. The first-order valence-corrected chi connectivity index (χ1v) is 11.0. The lowest BCUT2D eigenvalue weighted by atomic mass is 9.96. The predicted octanol–water partition coefficient (Wildman–Crippen LogP) is 2.82. The first kappa shape index (κ1) is 23.1. The van der Waals surface area contributed by atoms with Gasteiger partial charge in [-0.15, -0.1) is 0 Å². The van der Waals surface area contributed by atoms with Crippen LogP contribution in [0.25, 0.3) is 0 Å². The zero-order chi connectivity index (χ0) is 22.2. The first-order valence-electron chi connectivity index (χ1n) is 11.0. The molecule has 1 atom stereocenters. The molecule has 1 saturated carbocycles. The molecule has 1 aliphatic heterocycles. The van der Waals surface area contributed by atoms with Crippen molar-refractivity contribution in [2.75, 3.05) is 38.6 Å². The quantitative estimate of drug-likeness (QED) is 0.507. The van der Waals surface area contributed by atoms with Gasteiger partial charge < -0.3 is 25.2 Å². The van der Waals surface area contributed by atoms with Gasteiger partial charge in [0.05, 0.1) is 5.69 Å². The Kier molecular flexibility index (Phi) is 8.31. The van der Waals surface area contributed by atoms with Crippen LogP contribution in [0.5, 0.6) is 5.75 Å². The summed E-state index contributed by atoms with van der Waals surface area (Å²) in [6.45, 7) is -1.42. The molecule has 31 heavy (non-hydrogen) atoms. The maximum Gasteiger partial charge on any atom is 0.387 e. The van der Waals surface area contributed by atoms with Crippen molar-refractivity contribution in [2.45, 2.75) is 57.2 Å². The van der Waals surface area contributed by atoms with E-state index in [9.17, 15) is 13.6 Å². The lowest BCUT2D eigenvalue weighted by molar-refractivity contribution is -0.127. The number of aliphatic imine (C=N–C) groups is 1. The highest BCUT2D eigenvalue weighted by molar-refractivity contribution is 5.85. The molecule has 1 aromatic rings. The molecule has 1 aromatic carbocycles. The number of carbonyl (C=O) groups excluding carboxylic acids is 1. The Morgan fingerprint density at radius 2 is 1.87 bits per heavy atom. The second-order valence-corrected chi connectivity index (χ2v) is 8.35. The number of nitrogens with zero attached hydrogens (tertiary/aromatic N) is 3. The molecule has 9 heteroatoms. The predicted molar refractivity (Wildman–Crippen MR) is 118 cm³/mol. The number of ether oxygens (including phenoxy) is 1. The molecule has 1 saturated heterocycles. The molecule has 0 aromatic heterocycles. The number of para-hydroxylation sites is 2. The number of carbonyl (C=O) groups is 1. The maximum atomic E-state index is 12.8. The van der Waals surface area contributed by atoms with Crippen LogP contribution in [0.3, 0.4) is 0 Å². The van der Waals surface area contributed by atoms with Gasteiger partial charge in [-0.3, -0.25) is 4.79 Å². The summed E-state index contributed by atoms with van der Waals surface area (Å²) in [4.78, 5) is 20.1. The van der Waals surface area contributed by atoms with Gasteiger partial charge in [0, 0.05) is 39.3 Å². The normalized spacial score (nSPS) is 20.1. The summed E-state index contributed by atoms with van der Waals surface area (Å²) in [7, 11) is 3.43. The van der Waals surface area contributed by atoms with E-state index < -0.39 is 6.61 Å². The number of hydrogen-bond acceptors (Lipinski definition) is 4. The third-order valence-electron chi connectivity index (χ3n) is 5.77. The molecular formula is C22H33F2N5O2. The van der Waals surface area contributed by atoms with Crippen LogP contribution in [-0.2, 0) is 4.79 Å². The molecule has 3 rings (SSSR count). The van der Waals surface area contributed by atoms with Crippen molar-refractivity contribution < 1.29 is 18.3 Å². The highest BCUT2D eigenvalue weighted by Crippen LogP contribution is 2.31. The van der Waals surface area contributed by atoms with Crippen molar-refractivity contribution in [1.82, 2.24) is 15.5 Å². The molecule has 172 valence electrons. The standard InChI is InChI=1S/C22H33F2N5O2/c1-28(2)20(30)14-25-22(26-16-8-4-3-5-9-16)27-17-12-13-29(15-17)18-10-6-7-11-19(18)31-21(23)24/h6-7,10-11,16-17,21H,3-5,8-9,12-15H2,1-2H3,(H2,25,26,27). The second kappa shape index (κ2) is 11.2. The van der Waals surface area contributed by atoms with E-state index in [1.807, 2.05) is 11.0 Å². The minimum atomic E-state index is -2.86. The maximum absolute atomic E-state index is 12.8. The molecule has 2 fully saturated rings.